The second-order valence-corrected chi connectivity index (χ2v) is 3.70. The van der Waals surface area contributed by atoms with Crippen LogP contribution in [0.15, 0.2) is 17.5 Å². The molecule has 0 aliphatic rings. The van der Waals surface area contributed by atoms with Gasteiger partial charge in [-0.2, -0.15) is 0 Å². The summed E-state index contributed by atoms with van der Waals surface area (Å²) in [6.45, 7) is 2.10. The molecule has 4 heteroatoms. The number of carbonyl (C=O) groups excluding carboxylic acids is 2. The minimum atomic E-state index is -0.424. The molecule has 0 saturated carbocycles. The summed E-state index contributed by atoms with van der Waals surface area (Å²) < 4.78 is 4.89. The van der Waals surface area contributed by atoms with Crippen LogP contribution in [0, 0.1) is 0 Å². The minimum Gasteiger partial charge on any atom is -0.465 e. The highest BCUT2D eigenvalue weighted by atomic mass is 32.1. The van der Waals surface area contributed by atoms with Crippen LogP contribution in [0.3, 0.4) is 0 Å². The van der Waals surface area contributed by atoms with Crippen molar-refractivity contribution in [1.29, 1.82) is 0 Å². The first-order chi connectivity index (χ1) is 6.79. The second kappa shape index (κ2) is 5.54. The molecule has 1 heterocycles. The monoisotopic (exact) mass is 212 g/mol. The number of hydrogen-bond acceptors (Lipinski definition) is 4. The number of thiophene rings is 1. The van der Waals surface area contributed by atoms with E-state index in [0.717, 1.165) is 11.2 Å². The first kappa shape index (κ1) is 10.9. The van der Waals surface area contributed by atoms with E-state index >= 15 is 0 Å². The highest BCUT2D eigenvalue weighted by Gasteiger charge is 2.22. The van der Waals surface area contributed by atoms with Gasteiger partial charge in [0.1, 0.15) is 6.29 Å². The SMILES string of the molecule is CCOC(=O)C(CC=O)c1cccs1. The van der Waals surface area contributed by atoms with Crippen molar-refractivity contribution in [2.45, 2.75) is 19.3 Å². The maximum atomic E-state index is 11.5. The van der Waals surface area contributed by atoms with Crippen molar-refractivity contribution in [2.24, 2.45) is 0 Å². The molecular formula is C10H12O3S. The molecule has 0 radical (unpaired) electrons. The smallest absolute Gasteiger partial charge is 0.314 e. The van der Waals surface area contributed by atoms with E-state index in [1.807, 2.05) is 17.5 Å². The van der Waals surface area contributed by atoms with Crippen molar-refractivity contribution in [2.75, 3.05) is 6.61 Å². The Bertz CT molecular complexity index is 292. The van der Waals surface area contributed by atoms with Gasteiger partial charge in [-0.3, -0.25) is 4.79 Å². The van der Waals surface area contributed by atoms with Crippen LogP contribution < -0.4 is 0 Å². The van der Waals surface area contributed by atoms with Crippen LogP contribution >= 0.6 is 11.3 Å². The number of carbonyl (C=O) groups is 2. The molecule has 1 atom stereocenters. The fraction of sp³-hybridized carbons (Fsp3) is 0.400. The Morgan fingerprint density at radius 2 is 2.50 bits per heavy atom. The van der Waals surface area contributed by atoms with Crippen LogP contribution in [0.4, 0.5) is 0 Å². The zero-order valence-electron chi connectivity index (χ0n) is 7.93. The zero-order valence-corrected chi connectivity index (χ0v) is 8.75. The Kier molecular flexibility index (Phi) is 4.32. The molecule has 0 amide bonds. The minimum absolute atomic E-state index is 0.194. The molecule has 0 aromatic carbocycles. The van der Waals surface area contributed by atoms with Gasteiger partial charge in [-0.1, -0.05) is 6.07 Å². The Morgan fingerprint density at radius 1 is 1.71 bits per heavy atom. The zero-order chi connectivity index (χ0) is 10.4. The molecule has 1 aromatic heterocycles. The van der Waals surface area contributed by atoms with E-state index in [1.54, 1.807) is 6.92 Å². The summed E-state index contributed by atoms with van der Waals surface area (Å²) in [5, 5.41) is 1.88. The van der Waals surface area contributed by atoms with Crippen LogP contribution in [-0.4, -0.2) is 18.9 Å². The third-order valence-electron chi connectivity index (χ3n) is 1.79. The summed E-state index contributed by atoms with van der Waals surface area (Å²) in [6, 6.07) is 3.70. The average Bonchev–Trinajstić information content (AvgIpc) is 2.67. The molecule has 0 aliphatic heterocycles. The van der Waals surface area contributed by atoms with E-state index in [1.165, 1.54) is 11.3 Å². The molecule has 1 aromatic rings. The number of hydrogen-bond donors (Lipinski definition) is 0. The molecule has 14 heavy (non-hydrogen) atoms. The fourth-order valence-electron chi connectivity index (χ4n) is 1.16. The quantitative estimate of drug-likeness (QED) is 0.553. The lowest BCUT2D eigenvalue weighted by atomic mass is 10.1. The largest absolute Gasteiger partial charge is 0.465 e. The molecule has 0 saturated heterocycles. The predicted octanol–water partition coefficient (Wildman–Crippen LogP) is 1.98. The summed E-state index contributed by atoms with van der Waals surface area (Å²) in [5.74, 6) is -0.741. The van der Waals surface area contributed by atoms with Gasteiger partial charge < -0.3 is 9.53 Å². The molecule has 0 spiro atoms. The van der Waals surface area contributed by atoms with Crippen LogP contribution in [0.5, 0.6) is 0 Å². The molecular weight excluding hydrogens is 200 g/mol. The molecule has 0 fully saturated rings. The van der Waals surface area contributed by atoms with Crippen molar-refractivity contribution in [3.05, 3.63) is 22.4 Å². The van der Waals surface area contributed by atoms with Gasteiger partial charge in [-0.15, -0.1) is 11.3 Å². The van der Waals surface area contributed by atoms with E-state index in [-0.39, 0.29) is 12.4 Å². The first-order valence-electron chi connectivity index (χ1n) is 4.43. The van der Waals surface area contributed by atoms with Crippen LogP contribution in [0.2, 0.25) is 0 Å². The van der Waals surface area contributed by atoms with Crippen molar-refractivity contribution >= 4 is 23.6 Å². The highest BCUT2D eigenvalue weighted by Crippen LogP contribution is 2.24. The van der Waals surface area contributed by atoms with E-state index in [9.17, 15) is 9.59 Å². The van der Waals surface area contributed by atoms with Crippen molar-refractivity contribution in [3.63, 3.8) is 0 Å². The van der Waals surface area contributed by atoms with Gasteiger partial charge in [0.05, 0.1) is 12.5 Å². The lowest BCUT2D eigenvalue weighted by Crippen LogP contribution is -2.15. The number of esters is 1. The standard InChI is InChI=1S/C10H12O3S/c1-2-13-10(12)8(5-6-11)9-4-3-7-14-9/h3-4,6-8H,2,5H2,1H3. The van der Waals surface area contributed by atoms with Gasteiger partial charge in [0.15, 0.2) is 0 Å². The molecule has 0 aliphatic carbocycles. The molecule has 76 valence electrons. The average molecular weight is 212 g/mol. The van der Waals surface area contributed by atoms with Gasteiger partial charge in [-0.05, 0) is 18.4 Å². The van der Waals surface area contributed by atoms with Crippen LogP contribution in [0.1, 0.15) is 24.1 Å². The molecule has 1 rings (SSSR count). The fourth-order valence-corrected chi connectivity index (χ4v) is 1.99. The molecule has 0 bridgehead atoms. The Balaban J connectivity index is 2.73. The van der Waals surface area contributed by atoms with E-state index in [0.29, 0.717) is 6.61 Å². The topological polar surface area (TPSA) is 43.4 Å². The van der Waals surface area contributed by atoms with E-state index < -0.39 is 5.92 Å². The third kappa shape index (κ3) is 2.67. The molecule has 0 N–H and O–H groups in total. The number of ether oxygens (including phenoxy) is 1. The van der Waals surface area contributed by atoms with Crippen molar-refractivity contribution < 1.29 is 14.3 Å². The third-order valence-corrected chi connectivity index (χ3v) is 2.78. The van der Waals surface area contributed by atoms with Gasteiger partial charge in [0.25, 0.3) is 0 Å². The van der Waals surface area contributed by atoms with Crippen molar-refractivity contribution in [1.82, 2.24) is 0 Å². The van der Waals surface area contributed by atoms with E-state index in [2.05, 4.69) is 0 Å². The summed E-state index contributed by atoms with van der Waals surface area (Å²) in [4.78, 5) is 22.8. The van der Waals surface area contributed by atoms with Crippen LogP contribution in [0.25, 0.3) is 0 Å². The number of rotatable bonds is 5. The van der Waals surface area contributed by atoms with Crippen LogP contribution in [-0.2, 0) is 14.3 Å². The Labute approximate surface area is 86.7 Å². The number of aldehydes is 1. The maximum absolute atomic E-state index is 11.5. The van der Waals surface area contributed by atoms with Gasteiger partial charge in [0, 0.05) is 11.3 Å². The summed E-state index contributed by atoms with van der Waals surface area (Å²) in [6.07, 6.45) is 0.945. The maximum Gasteiger partial charge on any atom is 0.314 e. The summed E-state index contributed by atoms with van der Waals surface area (Å²) in [5.41, 5.74) is 0. The molecule has 1 unspecified atom stereocenters. The van der Waals surface area contributed by atoms with Gasteiger partial charge >= 0.3 is 5.97 Å². The molecule has 3 nitrogen and oxygen atoms in total. The first-order valence-corrected chi connectivity index (χ1v) is 5.31. The highest BCUT2D eigenvalue weighted by molar-refractivity contribution is 7.10. The summed E-state index contributed by atoms with van der Waals surface area (Å²) in [7, 11) is 0. The lowest BCUT2D eigenvalue weighted by Gasteiger charge is -2.10. The Hall–Kier alpha value is -1.16. The summed E-state index contributed by atoms with van der Waals surface area (Å²) >= 11 is 1.47. The Morgan fingerprint density at radius 3 is 3.00 bits per heavy atom. The van der Waals surface area contributed by atoms with E-state index in [4.69, 9.17) is 4.74 Å². The lowest BCUT2D eigenvalue weighted by molar-refractivity contribution is -0.145. The van der Waals surface area contributed by atoms with Gasteiger partial charge in [-0.25, -0.2) is 0 Å². The normalized spacial score (nSPS) is 12.1. The predicted molar refractivity (Wildman–Crippen MR) is 54.4 cm³/mol. The second-order valence-electron chi connectivity index (χ2n) is 2.72. The van der Waals surface area contributed by atoms with Crippen molar-refractivity contribution in [3.8, 4) is 0 Å². The van der Waals surface area contributed by atoms with Gasteiger partial charge in [0.2, 0.25) is 0 Å².